The Morgan fingerprint density at radius 2 is 2.06 bits per heavy atom. The summed E-state index contributed by atoms with van der Waals surface area (Å²) in [4.78, 5) is 14.0. The van der Waals surface area contributed by atoms with Crippen molar-refractivity contribution in [2.75, 3.05) is 18.0 Å². The van der Waals surface area contributed by atoms with Gasteiger partial charge >= 0.3 is 0 Å². The molecule has 1 saturated heterocycles. The van der Waals surface area contributed by atoms with E-state index in [0.29, 0.717) is 6.04 Å². The lowest BCUT2D eigenvalue weighted by molar-refractivity contribution is 0.499. The molecule has 3 rings (SSSR count). The number of hydrogen-bond acceptors (Lipinski definition) is 4. The summed E-state index contributed by atoms with van der Waals surface area (Å²) in [6, 6.07) is 2.37. The van der Waals surface area contributed by atoms with E-state index in [9.17, 15) is 0 Å². The predicted octanol–water partition coefficient (Wildman–Crippen LogP) is 1.31. The van der Waals surface area contributed by atoms with Crippen molar-refractivity contribution in [1.82, 2.24) is 15.0 Å². The minimum atomic E-state index is 0. The Balaban J connectivity index is 0.00000108. The molecule has 0 unspecified atom stereocenters. The molecule has 2 aromatic heterocycles. The Morgan fingerprint density at radius 3 is 2.82 bits per heavy atom. The van der Waals surface area contributed by atoms with E-state index in [2.05, 4.69) is 19.9 Å². The average Bonchev–Trinajstić information content (AvgIpc) is 2.78. The van der Waals surface area contributed by atoms with Gasteiger partial charge in [0, 0.05) is 25.3 Å². The van der Waals surface area contributed by atoms with Gasteiger partial charge in [0.1, 0.15) is 17.8 Å². The summed E-state index contributed by atoms with van der Waals surface area (Å²) in [5.74, 6) is 1.03. The quantitative estimate of drug-likeness (QED) is 0.804. The number of H-pyrrole nitrogens is 1. The molecule has 0 saturated carbocycles. The van der Waals surface area contributed by atoms with Crippen molar-refractivity contribution in [2.24, 2.45) is 5.73 Å². The van der Waals surface area contributed by atoms with Gasteiger partial charge in [-0.15, -0.1) is 12.4 Å². The molecule has 0 amide bonds. The van der Waals surface area contributed by atoms with E-state index in [0.717, 1.165) is 42.8 Å². The standard InChI is InChI=1S/C11H15N5.ClH/c12-8-2-5-16(6-3-8)11-9-1-4-13-10(9)14-7-15-11;/h1,4,7-8H,2-3,5-6,12H2,(H,13,14,15);1H. The Morgan fingerprint density at radius 1 is 1.29 bits per heavy atom. The van der Waals surface area contributed by atoms with E-state index >= 15 is 0 Å². The molecule has 5 nitrogen and oxygen atoms in total. The van der Waals surface area contributed by atoms with Crippen LogP contribution in [0.2, 0.25) is 0 Å². The molecule has 3 N–H and O–H groups in total. The van der Waals surface area contributed by atoms with E-state index < -0.39 is 0 Å². The fourth-order valence-corrected chi connectivity index (χ4v) is 2.22. The molecule has 0 radical (unpaired) electrons. The third-order valence-corrected chi connectivity index (χ3v) is 3.17. The summed E-state index contributed by atoms with van der Waals surface area (Å²) in [5.41, 5.74) is 6.80. The number of fused-ring (bicyclic) bond motifs is 1. The zero-order chi connectivity index (χ0) is 11.0. The Labute approximate surface area is 106 Å². The Bertz CT molecular complexity index is 489. The van der Waals surface area contributed by atoms with Gasteiger partial charge in [0.05, 0.1) is 5.39 Å². The zero-order valence-electron chi connectivity index (χ0n) is 9.47. The molecule has 0 aliphatic carbocycles. The van der Waals surface area contributed by atoms with Crippen molar-refractivity contribution in [1.29, 1.82) is 0 Å². The highest BCUT2D eigenvalue weighted by Crippen LogP contribution is 2.24. The molecule has 6 heteroatoms. The lowest BCUT2D eigenvalue weighted by Crippen LogP contribution is -2.40. The molecular weight excluding hydrogens is 238 g/mol. The fraction of sp³-hybridized carbons (Fsp3) is 0.455. The lowest BCUT2D eigenvalue weighted by atomic mass is 10.1. The monoisotopic (exact) mass is 253 g/mol. The highest BCUT2D eigenvalue weighted by molar-refractivity contribution is 5.87. The molecule has 0 spiro atoms. The second kappa shape index (κ2) is 4.89. The van der Waals surface area contributed by atoms with Crippen LogP contribution in [-0.4, -0.2) is 34.1 Å². The number of hydrogen-bond donors (Lipinski definition) is 2. The van der Waals surface area contributed by atoms with Gasteiger partial charge in [-0.05, 0) is 18.9 Å². The van der Waals surface area contributed by atoms with Crippen LogP contribution in [0.15, 0.2) is 18.6 Å². The van der Waals surface area contributed by atoms with Gasteiger partial charge in [0.25, 0.3) is 0 Å². The van der Waals surface area contributed by atoms with E-state index in [-0.39, 0.29) is 12.4 Å². The van der Waals surface area contributed by atoms with Crippen LogP contribution < -0.4 is 10.6 Å². The first kappa shape index (κ1) is 12.1. The van der Waals surface area contributed by atoms with E-state index in [4.69, 9.17) is 5.73 Å². The molecule has 17 heavy (non-hydrogen) atoms. The topological polar surface area (TPSA) is 70.8 Å². The van der Waals surface area contributed by atoms with Crippen molar-refractivity contribution < 1.29 is 0 Å². The van der Waals surface area contributed by atoms with Crippen molar-refractivity contribution in [2.45, 2.75) is 18.9 Å². The SMILES string of the molecule is Cl.NC1CCN(c2ncnc3[nH]ccc23)CC1. The van der Waals surface area contributed by atoms with E-state index in [1.165, 1.54) is 0 Å². The van der Waals surface area contributed by atoms with Gasteiger partial charge < -0.3 is 15.6 Å². The zero-order valence-corrected chi connectivity index (χ0v) is 10.3. The minimum absolute atomic E-state index is 0. The van der Waals surface area contributed by atoms with Gasteiger partial charge in [0.15, 0.2) is 0 Å². The molecule has 1 fully saturated rings. The number of aromatic nitrogens is 3. The smallest absolute Gasteiger partial charge is 0.142 e. The first-order valence-electron chi connectivity index (χ1n) is 5.63. The summed E-state index contributed by atoms with van der Waals surface area (Å²) in [7, 11) is 0. The summed E-state index contributed by atoms with van der Waals surface area (Å²) < 4.78 is 0. The molecule has 0 bridgehead atoms. The molecule has 1 aliphatic heterocycles. The second-order valence-electron chi connectivity index (χ2n) is 4.26. The Kier molecular flexibility index (Phi) is 3.49. The van der Waals surface area contributed by atoms with Crippen LogP contribution >= 0.6 is 12.4 Å². The van der Waals surface area contributed by atoms with Crippen LogP contribution in [0.25, 0.3) is 11.0 Å². The summed E-state index contributed by atoms with van der Waals surface area (Å²) >= 11 is 0. The number of nitrogens with zero attached hydrogens (tertiary/aromatic N) is 3. The Hall–Kier alpha value is -1.33. The normalized spacial score (nSPS) is 17.1. The van der Waals surface area contributed by atoms with E-state index in [1.807, 2.05) is 12.3 Å². The summed E-state index contributed by atoms with van der Waals surface area (Å²) in [5, 5.41) is 1.10. The van der Waals surface area contributed by atoms with Gasteiger partial charge in [-0.25, -0.2) is 9.97 Å². The maximum Gasteiger partial charge on any atom is 0.142 e. The third-order valence-electron chi connectivity index (χ3n) is 3.17. The van der Waals surface area contributed by atoms with Crippen LogP contribution in [0, 0.1) is 0 Å². The average molecular weight is 254 g/mol. The van der Waals surface area contributed by atoms with Gasteiger partial charge in [-0.2, -0.15) is 0 Å². The maximum atomic E-state index is 5.90. The number of halogens is 1. The summed E-state index contributed by atoms with van der Waals surface area (Å²) in [6.07, 6.45) is 5.59. The molecule has 3 heterocycles. The summed E-state index contributed by atoms with van der Waals surface area (Å²) in [6.45, 7) is 1.97. The van der Waals surface area contributed by atoms with Gasteiger partial charge in [-0.3, -0.25) is 0 Å². The van der Waals surface area contributed by atoms with Gasteiger partial charge in [0.2, 0.25) is 0 Å². The van der Waals surface area contributed by atoms with Crippen LogP contribution in [0.1, 0.15) is 12.8 Å². The molecule has 1 aliphatic rings. The first-order valence-corrected chi connectivity index (χ1v) is 5.63. The number of rotatable bonds is 1. The largest absolute Gasteiger partial charge is 0.356 e. The molecule has 0 aromatic carbocycles. The van der Waals surface area contributed by atoms with Crippen LogP contribution in [0.4, 0.5) is 5.82 Å². The number of nitrogens with one attached hydrogen (secondary N) is 1. The number of aromatic amines is 1. The number of anilines is 1. The van der Waals surface area contributed by atoms with Crippen LogP contribution in [-0.2, 0) is 0 Å². The lowest BCUT2D eigenvalue weighted by Gasteiger charge is -2.31. The van der Waals surface area contributed by atoms with E-state index in [1.54, 1.807) is 6.33 Å². The molecule has 2 aromatic rings. The molecule has 92 valence electrons. The number of piperidine rings is 1. The van der Waals surface area contributed by atoms with Crippen molar-refractivity contribution in [3.63, 3.8) is 0 Å². The van der Waals surface area contributed by atoms with Crippen molar-refractivity contribution in [3.8, 4) is 0 Å². The number of nitrogens with two attached hydrogens (primary N) is 1. The first-order chi connectivity index (χ1) is 7.84. The van der Waals surface area contributed by atoms with Crippen molar-refractivity contribution in [3.05, 3.63) is 18.6 Å². The highest BCUT2D eigenvalue weighted by atomic mass is 35.5. The molecule has 0 atom stereocenters. The fourth-order valence-electron chi connectivity index (χ4n) is 2.22. The predicted molar refractivity (Wildman–Crippen MR) is 70.6 cm³/mol. The van der Waals surface area contributed by atoms with Crippen LogP contribution in [0.5, 0.6) is 0 Å². The van der Waals surface area contributed by atoms with Gasteiger partial charge in [-0.1, -0.05) is 0 Å². The van der Waals surface area contributed by atoms with Crippen molar-refractivity contribution >= 4 is 29.3 Å². The molecular formula is C11H16ClN5. The van der Waals surface area contributed by atoms with Crippen LogP contribution in [0.3, 0.4) is 0 Å². The highest BCUT2D eigenvalue weighted by Gasteiger charge is 2.19. The third kappa shape index (κ3) is 2.21. The maximum absolute atomic E-state index is 5.90. The minimum Gasteiger partial charge on any atom is -0.356 e. The second-order valence-corrected chi connectivity index (χ2v) is 4.26.